The molecule has 0 aromatic heterocycles. The number of hydrogen-bond acceptors (Lipinski definition) is 4. The van der Waals surface area contributed by atoms with Crippen LogP contribution in [-0.4, -0.2) is 33.5 Å². The zero-order valence-electron chi connectivity index (χ0n) is 24.0. The van der Waals surface area contributed by atoms with Gasteiger partial charge in [-0.15, -0.1) is 5.54 Å². The van der Waals surface area contributed by atoms with Crippen molar-refractivity contribution in [3.8, 4) is 11.5 Å². The maximum Gasteiger partial charge on any atom is 0.330 e. The first-order valence-corrected chi connectivity index (χ1v) is 15.6. The first-order chi connectivity index (χ1) is 17.0. The van der Waals surface area contributed by atoms with E-state index in [1.165, 1.54) is 11.6 Å². The summed E-state index contributed by atoms with van der Waals surface area (Å²) in [5.41, 5.74) is 13.0. The van der Waals surface area contributed by atoms with Gasteiger partial charge in [-0.1, -0.05) is 64.3 Å². The van der Waals surface area contributed by atoms with Gasteiger partial charge in [-0.25, -0.2) is 4.79 Å². The topological polar surface area (TPSA) is 47.9 Å². The quantitative estimate of drug-likeness (QED) is 0.117. The summed E-state index contributed by atoms with van der Waals surface area (Å²) in [4.78, 5) is 17.5. The van der Waals surface area contributed by atoms with Crippen LogP contribution in [0.5, 0.6) is 0 Å². The fraction of sp³-hybridized carbons (Fsp3) is 0.548. The predicted molar refractivity (Wildman–Crippen MR) is 156 cm³/mol. The number of benzene rings is 1. The number of oxime groups is 1. The molecule has 0 heterocycles. The van der Waals surface area contributed by atoms with Crippen LogP contribution in [0.2, 0.25) is 16.6 Å². The molecule has 0 unspecified atom stereocenters. The highest BCUT2D eigenvalue weighted by molar-refractivity contribution is 6.90. The molecule has 1 aromatic carbocycles. The molecule has 1 aromatic rings. The first kappa shape index (κ1) is 29.6. The van der Waals surface area contributed by atoms with Crippen LogP contribution in [0.15, 0.2) is 28.9 Å². The highest BCUT2D eigenvalue weighted by Crippen LogP contribution is 2.41. The molecule has 0 fully saturated rings. The molecule has 0 amide bonds. The Morgan fingerprint density at radius 3 is 2.28 bits per heavy atom. The lowest BCUT2D eigenvalue weighted by atomic mass is 9.82. The van der Waals surface area contributed by atoms with Gasteiger partial charge in [0.05, 0.1) is 12.3 Å². The van der Waals surface area contributed by atoms with E-state index < -0.39 is 8.07 Å². The Hall–Kier alpha value is -2.58. The van der Waals surface area contributed by atoms with Gasteiger partial charge in [0.2, 0.25) is 0 Å². The Bertz CT molecular complexity index is 1080. The molecular weight excluding hydrogens is 462 g/mol. The molecule has 0 N–H and O–H groups in total. The highest BCUT2D eigenvalue weighted by atomic mass is 28.3. The van der Waals surface area contributed by atoms with Gasteiger partial charge in [-0.05, 0) is 79.9 Å². The van der Waals surface area contributed by atoms with Crippen molar-refractivity contribution in [3.05, 3.63) is 46.0 Å². The van der Waals surface area contributed by atoms with Crippen molar-refractivity contribution in [2.45, 2.75) is 98.2 Å². The van der Waals surface area contributed by atoms with E-state index in [2.05, 4.69) is 84.1 Å². The van der Waals surface area contributed by atoms with Gasteiger partial charge < -0.3 is 9.57 Å². The minimum absolute atomic E-state index is 0.344. The summed E-state index contributed by atoms with van der Waals surface area (Å²) < 4.78 is 5.16. The van der Waals surface area contributed by atoms with E-state index >= 15 is 0 Å². The Kier molecular flexibility index (Phi) is 10.8. The van der Waals surface area contributed by atoms with Crippen LogP contribution in [0.4, 0.5) is 0 Å². The van der Waals surface area contributed by atoms with Gasteiger partial charge in [-0.2, -0.15) is 0 Å². The number of nitrogens with zero attached hydrogens (tertiary/aromatic N) is 1. The number of ether oxygens (including phenoxy) is 1. The van der Waals surface area contributed by atoms with Gasteiger partial charge in [0, 0.05) is 22.8 Å². The van der Waals surface area contributed by atoms with Crippen LogP contribution in [0.3, 0.4) is 0 Å². The van der Waals surface area contributed by atoms with Crippen molar-refractivity contribution in [2.75, 3.05) is 13.7 Å². The number of allylic oxidation sites excluding steroid dienone is 2. The third-order valence-electron chi connectivity index (χ3n) is 7.41. The maximum absolute atomic E-state index is 12.2. The molecule has 4 nitrogen and oxygen atoms in total. The molecular formula is C31H45NO3Si. The first-order valence-electron chi connectivity index (χ1n) is 13.3. The number of carbonyl (C=O) groups is 1. The summed E-state index contributed by atoms with van der Waals surface area (Å²) in [7, 11) is -0.341. The molecule has 0 bridgehead atoms. The third kappa shape index (κ3) is 6.59. The molecule has 2 rings (SSSR count). The van der Waals surface area contributed by atoms with Gasteiger partial charge in [0.25, 0.3) is 0 Å². The van der Waals surface area contributed by atoms with E-state index in [1.807, 2.05) is 13.0 Å². The summed E-state index contributed by atoms with van der Waals surface area (Å²) in [5, 5.41) is 4.42. The van der Waals surface area contributed by atoms with Crippen LogP contribution in [0.25, 0.3) is 11.6 Å². The Morgan fingerprint density at radius 1 is 1.08 bits per heavy atom. The summed E-state index contributed by atoms with van der Waals surface area (Å²) in [6.07, 6.45) is 6.28. The molecule has 5 heteroatoms. The monoisotopic (exact) mass is 507 g/mol. The number of esters is 1. The molecule has 36 heavy (non-hydrogen) atoms. The lowest BCUT2D eigenvalue weighted by Crippen LogP contribution is -2.43. The smallest absolute Gasteiger partial charge is 0.330 e. The second-order valence-electron chi connectivity index (χ2n) is 10.7. The number of aryl methyl sites for hydroxylation is 1. The molecule has 0 saturated carbocycles. The van der Waals surface area contributed by atoms with E-state index in [1.54, 1.807) is 7.11 Å². The summed E-state index contributed by atoms with van der Waals surface area (Å²) in [5.74, 6) is 3.36. The van der Waals surface area contributed by atoms with Crippen molar-refractivity contribution < 1.29 is 14.4 Å². The van der Waals surface area contributed by atoms with Crippen LogP contribution in [0, 0.1) is 18.4 Å². The lowest BCUT2D eigenvalue weighted by molar-refractivity contribution is -0.137. The van der Waals surface area contributed by atoms with Crippen LogP contribution in [0.1, 0.15) is 96.9 Å². The zero-order chi connectivity index (χ0) is 27.0. The van der Waals surface area contributed by atoms with Crippen molar-refractivity contribution in [1.82, 2.24) is 0 Å². The standard InChI is InChI=1S/C31H45NO3Si/c1-11-35-29(33)16-15-26-19-24(8)20-27(17-18-36(21(2)3,22(4)5)23(6)7)31(26)30-25(9)13-12-14-28(30)32-34-10/h15-16,19-23H,11-14H2,1-10H3/b16-15+,32-28?. The van der Waals surface area contributed by atoms with E-state index in [0.29, 0.717) is 23.2 Å². The second-order valence-corrected chi connectivity index (χ2v) is 16.3. The van der Waals surface area contributed by atoms with Crippen molar-refractivity contribution in [1.29, 1.82) is 0 Å². The fourth-order valence-corrected chi connectivity index (χ4v) is 11.1. The van der Waals surface area contributed by atoms with Gasteiger partial charge >= 0.3 is 5.97 Å². The molecule has 0 aliphatic heterocycles. The predicted octanol–water partition coefficient (Wildman–Crippen LogP) is 8.10. The third-order valence-corrected chi connectivity index (χ3v) is 13.7. The van der Waals surface area contributed by atoms with E-state index in [-0.39, 0.29) is 5.97 Å². The average molecular weight is 508 g/mol. The van der Waals surface area contributed by atoms with E-state index in [0.717, 1.165) is 52.8 Å². The van der Waals surface area contributed by atoms with Crippen molar-refractivity contribution in [2.24, 2.45) is 5.16 Å². The second kappa shape index (κ2) is 13.1. The number of carbonyl (C=O) groups excluding carboxylic acids is 1. The van der Waals surface area contributed by atoms with E-state index in [9.17, 15) is 4.79 Å². The summed E-state index contributed by atoms with van der Waals surface area (Å²) >= 11 is 0. The normalized spacial score (nSPS) is 15.8. The minimum atomic E-state index is -1.94. The Labute approximate surface area is 220 Å². The van der Waals surface area contributed by atoms with Crippen molar-refractivity contribution >= 4 is 31.4 Å². The van der Waals surface area contributed by atoms with Crippen LogP contribution in [-0.2, 0) is 14.4 Å². The van der Waals surface area contributed by atoms with Gasteiger partial charge in [0.15, 0.2) is 0 Å². The molecule has 196 valence electrons. The van der Waals surface area contributed by atoms with E-state index in [4.69, 9.17) is 9.57 Å². The van der Waals surface area contributed by atoms with Gasteiger partial charge in [-0.3, -0.25) is 0 Å². The fourth-order valence-electron chi connectivity index (χ4n) is 5.86. The summed E-state index contributed by atoms with van der Waals surface area (Å²) in [6, 6.07) is 4.30. The highest BCUT2D eigenvalue weighted by Gasteiger charge is 2.41. The minimum Gasteiger partial charge on any atom is -0.463 e. The SMILES string of the molecule is CCOC(=O)/C=C/c1cc(C)cc(C#C[Si](C(C)C)(C(C)C)C(C)C)c1C1=C(C)CCCC1=NOC. The average Bonchev–Trinajstić information content (AvgIpc) is 2.78. The van der Waals surface area contributed by atoms with Crippen LogP contribution >= 0.6 is 0 Å². The Morgan fingerprint density at radius 2 is 1.72 bits per heavy atom. The summed E-state index contributed by atoms with van der Waals surface area (Å²) in [6.45, 7) is 20.4. The zero-order valence-corrected chi connectivity index (χ0v) is 25.0. The molecule has 0 spiro atoms. The lowest BCUT2D eigenvalue weighted by Gasteiger charge is -2.38. The Balaban J connectivity index is 2.92. The van der Waals surface area contributed by atoms with Gasteiger partial charge in [0.1, 0.15) is 15.2 Å². The number of rotatable bonds is 8. The number of hydrogen-bond donors (Lipinski definition) is 0. The largest absolute Gasteiger partial charge is 0.463 e. The van der Waals surface area contributed by atoms with Crippen molar-refractivity contribution in [3.63, 3.8) is 0 Å². The molecule has 1 aliphatic carbocycles. The maximum atomic E-state index is 12.2. The van der Waals surface area contributed by atoms with Crippen LogP contribution < -0.4 is 0 Å². The molecule has 0 atom stereocenters. The molecule has 0 radical (unpaired) electrons. The molecule has 1 aliphatic rings. The molecule has 0 saturated heterocycles.